The molecule has 2 aliphatic heterocycles. The molecule has 1 atom stereocenters. The van der Waals surface area contributed by atoms with Crippen LogP contribution >= 0.6 is 11.6 Å². The highest BCUT2D eigenvalue weighted by molar-refractivity contribution is 6.30. The van der Waals surface area contributed by atoms with E-state index in [1.807, 2.05) is 40.1 Å². The molecule has 0 unspecified atom stereocenters. The Kier molecular flexibility index (Phi) is 7.36. The van der Waals surface area contributed by atoms with Gasteiger partial charge in [0.05, 0.1) is 6.61 Å². The summed E-state index contributed by atoms with van der Waals surface area (Å²) >= 11 is 5.99. The van der Waals surface area contributed by atoms with E-state index in [1.54, 1.807) is 24.3 Å². The molecule has 2 aliphatic rings. The van der Waals surface area contributed by atoms with Crippen molar-refractivity contribution in [1.82, 2.24) is 9.80 Å². The van der Waals surface area contributed by atoms with E-state index in [1.165, 1.54) is 6.42 Å². The number of carbonyl (C=O) groups is 2. The molecule has 0 bridgehead atoms. The van der Waals surface area contributed by atoms with Gasteiger partial charge in [0.1, 0.15) is 5.75 Å². The van der Waals surface area contributed by atoms with Gasteiger partial charge in [0.2, 0.25) is 5.91 Å². The molecule has 0 saturated carbocycles. The van der Waals surface area contributed by atoms with Crippen molar-refractivity contribution >= 4 is 23.4 Å². The number of benzene rings is 2. The van der Waals surface area contributed by atoms with Crippen LogP contribution in [-0.2, 0) is 4.79 Å². The van der Waals surface area contributed by atoms with E-state index in [2.05, 4.69) is 0 Å². The lowest BCUT2D eigenvalue weighted by molar-refractivity contribution is -0.136. The van der Waals surface area contributed by atoms with Crippen molar-refractivity contribution in [3.8, 4) is 5.75 Å². The fourth-order valence-corrected chi connectivity index (χ4v) is 4.92. The van der Waals surface area contributed by atoms with Crippen LogP contribution in [0.5, 0.6) is 5.75 Å². The quantitative estimate of drug-likeness (QED) is 0.614. The number of carbonyl (C=O) groups excluding carboxylic acids is 2. The van der Waals surface area contributed by atoms with Crippen LogP contribution in [0, 0.1) is 5.41 Å². The van der Waals surface area contributed by atoms with Crippen molar-refractivity contribution in [2.45, 2.75) is 38.5 Å². The lowest BCUT2D eigenvalue weighted by Crippen LogP contribution is -2.51. The van der Waals surface area contributed by atoms with Crippen LogP contribution in [0.4, 0.5) is 0 Å². The van der Waals surface area contributed by atoms with Gasteiger partial charge in [0, 0.05) is 48.6 Å². The summed E-state index contributed by atoms with van der Waals surface area (Å²) < 4.78 is 6.16. The third-order valence-corrected chi connectivity index (χ3v) is 6.81. The third-order valence-electron chi connectivity index (χ3n) is 6.56. The molecule has 2 fully saturated rings. The Labute approximate surface area is 195 Å². The smallest absolute Gasteiger partial charge is 0.253 e. The number of rotatable bonds is 6. The van der Waals surface area contributed by atoms with Gasteiger partial charge in [-0.15, -0.1) is 0 Å². The van der Waals surface area contributed by atoms with Crippen molar-refractivity contribution in [2.75, 3.05) is 32.8 Å². The van der Waals surface area contributed by atoms with Crippen LogP contribution in [0.3, 0.4) is 0 Å². The Balaban J connectivity index is 1.52. The number of para-hydroxylation sites is 1. The number of ether oxygens (including phenoxy) is 1. The Bertz CT molecular complexity index is 912. The van der Waals surface area contributed by atoms with Crippen molar-refractivity contribution in [2.24, 2.45) is 5.41 Å². The number of amides is 2. The van der Waals surface area contributed by atoms with Crippen LogP contribution in [0.25, 0.3) is 0 Å². The molecule has 4 rings (SSSR count). The number of nitrogens with zero attached hydrogens (tertiary/aromatic N) is 2. The summed E-state index contributed by atoms with van der Waals surface area (Å²) in [7, 11) is 0. The average Bonchev–Trinajstić information content (AvgIpc) is 2.84. The van der Waals surface area contributed by atoms with Crippen molar-refractivity contribution in [3.05, 3.63) is 65.2 Å². The first-order chi connectivity index (χ1) is 15.5. The second-order valence-corrected chi connectivity index (χ2v) is 9.49. The van der Waals surface area contributed by atoms with E-state index >= 15 is 0 Å². The average molecular weight is 455 g/mol. The van der Waals surface area contributed by atoms with E-state index < -0.39 is 5.41 Å². The minimum atomic E-state index is -0.398. The highest BCUT2D eigenvalue weighted by Gasteiger charge is 2.41. The minimum absolute atomic E-state index is 0.0177. The normalized spacial score (nSPS) is 21.3. The van der Waals surface area contributed by atoms with Gasteiger partial charge < -0.3 is 14.5 Å². The van der Waals surface area contributed by atoms with E-state index in [0.717, 1.165) is 44.5 Å². The second-order valence-electron chi connectivity index (χ2n) is 9.06. The summed E-state index contributed by atoms with van der Waals surface area (Å²) in [6.07, 6.45) is 5.45. The number of hydrogen-bond donors (Lipinski definition) is 0. The SMILES string of the molecule is O=C(C[C@@]1(COc2ccccc2)CCCN(C(=O)c2ccc(Cl)cc2)C1)N1CCCCC1. The lowest BCUT2D eigenvalue weighted by Gasteiger charge is -2.43. The van der Waals surface area contributed by atoms with Gasteiger partial charge in [-0.25, -0.2) is 0 Å². The molecule has 0 N–H and O–H groups in total. The van der Waals surface area contributed by atoms with Crippen LogP contribution in [0.2, 0.25) is 5.02 Å². The summed E-state index contributed by atoms with van der Waals surface area (Å²) in [4.78, 5) is 30.3. The predicted octanol–water partition coefficient (Wildman–Crippen LogP) is 5.04. The van der Waals surface area contributed by atoms with E-state index in [4.69, 9.17) is 16.3 Å². The van der Waals surface area contributed by atoms with E-state index in [9.17, 15) is 9.59 Å². The summed E-state index contributed by atoms with van der Waals surface area (Å²) in [6, 6.07) is 16.7. The molecule has 170 valence electrons. The van der Waals surface area contributed by atoms with Gasteiger partial charge in [0.25, 0.3) is 5.91 Å². The van der Waals surface area contributed by atoms with Crippen molar-refractivity contribution < 1.29 is 14.3 Å². The Morgan fingerprint density at radius 3 is 2.28 bits per heavy atom. The molecule has 2 aromatic rings. The topological polar surface area (TPSA) is 49.9 Å². The molecule has 0 radical (unpaired) electrons. The van der Waals surface area contributed by atoms with Gasteiger partial charge in [-0.05, 0) is 68.5 Å². The number of likely N-dealkylation sites (tertiary alicyclic amines) is 2. The molecule has 0 aromatic heterocycles. The maximum atomic E-state index is 13.2. The van der Waals surface area contributed by atoms with E-state index in [0.29, 0.717) is 36.7 Å². The first kappa shape index (κ1) is 22.7. The number of piperidine rings is 2. The maximum absolute atomic E-state index is 13.2. The van der Waals surface area contributed by atoms with Gasteiger partial charge in [-0.2, -0.15) is 0 Å². The molecule has 6 heteroatoms. The fourth-order valence-electron chi connectivity index (χ4n) is 4.80. The standard InChI is InChI=1S/C26H31ClN2O3/c27-22-12-10-21(11-13-22)25(31)29-17-7-14-26(19-29,20-32-23-8-3-1-4-9-23)18-24(30)28-15-5-2-6-16-28/h1,3-4,8-13H,2,5-7,14-20H2/t26-/m0/s1. The zero-order chi connectivity index (χ0) is 22.4. The summed E-state index contributed by atoms with van der Waals surface area (Å²) in [6.45, 7) is 3.29. The highest BCUT2D eigenvalue weighted by atomic mass is 35.5. The van der Waals surface area contributed by atoms with Gasteiger partial charge in [0.15, 0.2) is 0 Å². The van der Waals surface area contributed by atoms with Gasteiger partial charge >= 0.3 is 0 Å². The summed E-state index contributed by atoms with van der Waals surface area (Å²) in [5.41, 5.74) is 0.224. The molecular weight excluding hydrogens is 424 g/mol. The van der Waals surface area contributed by atoms with Crippen LogP contribution in [-0.4, -0.2) is 54.4 Å². The first-order valence-electron chi connectivity index (χ1n) is 11.6. The highest BCUT2D eigenvalue weighted by Crippen LogP contribution is 2.36. The number of hydrogen-bond acceptors (Lipinski definition) is 3. The molecule has 2 saturated heterocycles. The first-order valence-corrected chi connectivity index (χ1v) is 11.9. The van der Waals surface area contributed by atoms with Gasteiger partial charge in [-0.3, -0.25) is 9.59 Å². The largest absolute Gasteiger partial charge is 0.493 e. The van der Waals surface area contributed by atoms with Crippen LogP contribution in [0.1, 0.15) is 48.9 Å². The summed E-state index contributed by atoms with van der Waals surface area (Å²) in [5, 5.41) is 0.609. The summed E-state index contributed by atoms with van der Waals surface area (Å²) in [5.74, 6) is 0.955. The molecule has 2 heterocycles. The molecule has 5 nitrogen and oxygen atoms in total. The Morgan fingerprint density at radius 1 is 0.875 bits per heavy atom. The molecular formula is C26H31ClN2O3. The van der Waals surface area contributed by atoms with Crippen LogP contribution in [0.15, 0.2) is 54.6 Å². The molecule has 0 aliphatic carbocycles. The molecule has 2 aromatic carbocycles. The molecule has 32 heavy (non-hydrogen) atoms. The van der Waals surface area contributed by atoms with Crippen molar-refractivity contribution in [3.63, 3.8) is 0 Å². The Hall–Kier alpha value is -2.53. The maximum Gasteiger partial charge on any atom is 0.253 e. The van der Waals surface area contributed by atoms with Gasteiger partial charge in [-0.1, -0.05) is 29.8 Å². The van der Waals surface area contributed by atoms with E-state index in [-0.39, 0.29) is 11.8 Å². The Morgan fingerprint density at radius 2 is 1.56 bits per heavy atom. The zero-order valence-corrected chi connectivity index (χ0v) is 19.2. The lowest BCUT2D eigenvalue weighted by atomic mass is 9.77. The second kappa shape index (κ2) is 10.4. The number of halogens is 1. The fraction of sp³-hybridized carbons (Fsp3) is 0.462. The predicted molar refractivity (Wildman–Crippen MR) is 126 cm³/mol. The monoisotopic (exact) mass is 454 g/mol. The zero-order valence-electron chi connectivity index (χ0n) is 18.5. The third kappa shape index (κ3) is 5.63. The minimum Gasteiger partial charge on any atom is -0.493 e. The molecule has 2 amide bonds. The van der Waals surface area contributed by atoms with Crippen molar-refractivity contribution in [1.29, 1.82) is 0 Å². The molecule has 0 spiro atoms. The van der Waals surface area contributed by atoms with Crippen LogP contribution < -0.4 is 4.74 Å².